The van der Waals surface area contributed by atoms with Gasteiger partial charge in [-0.25, -0.2) is 0 Å². The number of rotatable bonds is 2. The Morgan fingerprint density at radius 1 is 1.29 bits per heavy atom. The van der Waals surface area contributed by atoms with E-state index in [2.05, 4.69) is 44.8 Å². The second kappa shape index (κ2) is 6.08. The molecule has 1 aliphatic heterocycles. The Kier molecular flexibility index (Phi) is 4.94. The predicted octanol–water partition coefficient (Wildman–Crippen LogP) is 4.59. The molecule has 1 aliphatic rings. The van der Waals surface area contributed by atoms with Crippen LogP contribution in [0.25, 0.3) is 0 Å². The molecule has 1 heterocycles. The number of nitrogens with one attached hydrogen (secondary N) is 1. The molecule has 1 atom stereocenters. The molecular formula is C17H26Cl2N2. The first-order valence-corrected chi connectivity index (χ1v) is 8.27. The summed E-state index contributed by atoms with van der Waals surface area (Å²) in [7, 11) is 0. The fraction of sp³-hybridized carbons (Fsp3) is 0.647. The lowest BCUT2D eigenvalue weighted by atomic mass is 9.82. The zero-order chi connectivity index (χ0) is 15.8. The van der Waals surface area contributed by atoms with E-state index in [1.54, 1.807) is 0 Å². The molecule has 118 valence electrons. The van der Waals surface area contributed by atoms with Gasteiger partial charge in [0.25, 0.3) is 0 Å². The van der Waals surface area contributed by atoms with Gasteiger partial charge in [-0.2, -0.15) is 0 Å². The molecule has 0 radical (unpaired) electrons. The smallest absolute Gasteiger partial charge is 0.0452 e. The lowest BCUT2D eigenvalue weighted by molar-refractivity contribution is 0.0272. The van der Waals surface area contributed by atoms with Crippen molar-refractivity contribution in [1.82, 2.24) is 10.2 Å². The maximum atomic E-state index is 6.35. The second-order valence-corrected chi connectivity index (χ2v) is 8.63. The van der Waals surface area contributed by atoms with Crippen LogP contribution in [0.2, 0.25) is 10.0 Å². The maximum absolute atomic E-state index is 6.35. The van der Waals surface area contributed by atoms with E-state index in [4.69, 9.17) is 23.2 Å². The lowest BCUT2D eigenvalue weighted by Crippen LogP contribution is -2.64. The summed E-state index contributed by atoms with van der Waals surface area (Å²) < 4.78 is 0. The second-order valence-electron chi connectivity index (χ2n) is 7.79. The highest BCUT2D eigenvalue weighted by Gasteiger charge is 2.38. The van der Waals surface area contributed by atoms with Crippen molar-refractivity contribution in [1.29, 1.82) is 0 Å². The van der Waals surface area contributed by atoms with Gasteiger partial charge in [-0.1, -0.05) is 44.0 Å². The van der Waals surface area contributed by atoms with Gasteiger partial charge in [0.05, 0.1) is 0 Å². The summed E-state index contributed by atoms with van der Waals surface area (Å²) in [6.07, 6.45) is 0. The standard InChI is InChI=1S/C17H26Cl2N2/c1-16(2,3)15-9-20-17(4,5)11-21(15)10-12-8-13(18)6-7-14(12)19/h6-8,15,20H,9-11H2,1-5H3. The van der Waals surface area contributed by atoms with Crippen molar-refractivity contribution in [3.05, 3.63) is 33.8 Å². The van der Waals surface area contributed by atoms with Gasteiger partial charge in [0.2, 0.25) is 0 Å². The van der Waals surface area contributed by atoms with Crippen molar-refractivity contribution in [2.75, 3.05) is 13.1 Å². The van der Waals surface area contributed by atoms with Crippen LogP contribution >= 0.6 is 23.2 Å². The first-order valence-electron chi connectivity index (χ1n) is 7.51. The SMILES string of the molecule is CC1(C)CN(Cc2cc(Cl)ccc2Cl)C(C(C)(C)C)CN1. The topological polar surface area (TPSA) is 15.3 Å². The molecule has 0 bridgehead atoms. The first-order chi connectivity index (χ1) is 9.58. The van der Waals surface area contributed by atoms with Crippen LogP contribution in [0.4, 0.5) is 0 Å². The highest BCUT2D eigenvalue weighted by atomic mass is 35.5. The molecule has 1 unspecified atom stereocenters. The van der Waals surface area contributed by atoms with E-state index in [0.717, 1.165) is 35.2 Å². The van der Waals surface area contributed by atoms with Crippen LogP contribution in [-0.4, -0.2) is 29.6 Å². The Morgan fingerprint density at radius 3 is 2.57 bits per heavy atom. The lowest BCUT2D eigenvalue weighted by Gasteiger charge is -2.49. The highest BCUT2D eigenvalue weighted by Crippen LogP contribution is 2.31. The van der Waals surface area contributed by atoms with E-state index < -0.39 is 0 Å². The number of benzene rings is 1. The van der Waals surface area contributed by atoms with Crippen LogP contribution in [0.15, 0.2) is 18.2 Å². The molecule has 4 heteroatoms. The van der Waals surface area contributed by atoms with E-state index in [1.165, 1.54) is 0 Å². The minimum Gasteiger partial charge on any atom is -0.309 e. The average Bonchev–Trinajstić information content (AvgIpc) is 2.31. The number of piperazine rings is 1. The van der Waals surface area contributed by atoms with Crippen LogP contribution in [-0.2, 0) is 6.54 Å². The van der Waals surface area contributed by atoms with Gasteiger partial charge in [0.1, 0.15) is 0 Å². The van der Waals surface area contributed by atoms with Crippen molar-refractivity contribution < 1.29 is 0 Å². The Balaban J connectivity index is 2.26. The molecule has 1 aromatic rings. The molecule has 2 rings (SSSR count). The van der Waals surface area contributed by atoms with E-state index in [9.17, 15) is 0 Å². The Bertz CT molecular complexity index is 506. The summed E-state index contributed by atoms with van der Waals surface area (Å²) >= 11 is 12.5. The number of hydrogen-bond donors (Lipinski definition) is 1. The third-order valence-corrected chi connectivity index (χ3v) is 4.80. The van der Waals surface area contributed by atoms with Gasteiger partial charge >= 0.3 is 0 Å². The zero-order valence-electron chi connectivity index (χ0n) is 13.6. The van der Waals surface area contributed by atoms with Crippen molar-refractivity contribution >= 4 is 23.2 Å². The normalized spacial score (nSPS) is 23.3. The molecule has 0 aliphatic carbocycles. The fourth-order valence-corrected chi connectivity index (χ4v) is 3.45. The van der Waals surface area contributed by atoms with Gasteiger partial charge in [-0.3, -0.25) is 4.90 Å². The molecule has 0 amide bonds. The molecule has 1 fully saturated rings. The van der Waals surface area contributed by atoms with Crippen LogP contribution in [0.1, 0.15) is 40.2 Å². The van der Waals surface area contributed by atoms with Crippen molar-refractivity contribution in [2.45, 2.75) is 52.7 Å². The summed E-state index contributed by atoms with van der Waals surface area (Å²) in [5.74, 6) is 0. The molecule has 0 saturated carbocycles. The Morgan fingerprint density at radius 2 is 1.95 bits per heavy atom. The van der Waals surface area contributed by atoms with Gasteiger partial charge in [-0.05, 0) is 43.0 Å². The Hall–Kier alpha value is -0.280. The average molecular weight is 329 g/mol. The van der Waals surface area contributed by atoms with Gasteiger partial charge < -0.3 is 5.32 Å². The summed E-state index contributed by atoms with van der Waals surface area (Å²) in [4.78, 5) is 2.54. The highest BCUT2D eigenvalue weighted by molar-refractivity contribution is 6.33. The third-order valence-electron chi connectivity index (χ3n) is 4.19. The zero-order valence-corrected chi connectivity index (χ0v) is 15.1. The largest absolute Gasteiger partial charge is 0.309 e. The van der Waals surface area contributed by atoms with Crippen molar-refractivity contribution in [2.24, 2.45) is 5.41 Å². The monoisotopic (exact) mass is 328 g/mol. The molecule has 0 spiro atoms. The molecule has 0 aromatic heterocycles. The van der Waals surface area contributed by atoms with Crippen LogP contribution in [0.5, 0.6) is 0 Å². The van der Waals surface area contributed by atoms with Crippen molar-refractivity contribution in [3.63, 3.8) is 0 Å². The summed E-state index contributed by atoms with van der Waals surface area (Å²) in [6.45, 7) is 14.2. The van der Waals surface area contributed by atoms with Gasteiger partial charge in [0, 0.05) is 41.3 Å². The van der Waals surface area contributed by atoms with E-state index in [0.29, 0.717) is 6.04 Å². The molecule has 1 saturated heterocycles. The molecule has 2 nitrogen and oxygen atoms in total. The molecule has 1 aromatic carbocycles. The summed E-state index contributed by atoms with van der Waals surface area (Å²) in [5, 5.41) is 5.20. The van der Waals surface area contributed by atoms with E-state index in [-0.39, 0.29) is 11.0 Å². The quantitative estimate of drug-likeness (QED) is 0.853. The predicted molar refractivity (Wildman–Crippen MR) is 92.2 cm³/mol. The van der Waals surface area contributed by atoms with Crippen molar-refractivity contribution in [3.8, 4) is 0 Å². The molecule has 21 heavy (non-hydrogen) atoms. The van der Waals surface area contributed by atoms with E-state index >= 15 is 0 Å². The number of hydrogen-bond acceptors (Lipinski definition) is 2. The number of nitrogens with zero attached hydrogens (tertiary/aromatic N) is 1. The van der Waals surface area contributed by atoms with Gasteiger partial charge in [0.15, 0.2) is 0 Å². The number of halogens is 2. The molecule has 1 N–H and O–H groups in total. The maximum Gasteiger partial charge on any atom is 0.0452 e. The van der Waals surface area contributed by atoms with E-state index in [1.807, 2.05) is 18.2 Å². The minimum atomic E-state index is 0.118. The van der Waals surface area contributed by atoms with Crippen LogP contribution in [0, 0.1) is 5.41 Å². The molecular weight excluding hydrogens is 303 g/mol. The fourth-order valence-electron chi connectivity index (χ4n) is 3.08. The summed E-state index contributed by atoms with van der Waals surface area (Å²) in [5.41, 5.74) is 1.44. The summed E-state index contributed by atoms with van der Waals surface area (Å²) in [6, 6.07) is 6.19. The van der Waals surface area contributed by atoms with Crippen LogP contribution < -0.4 is 5.32 Å². The van der Waals surface area contributed by atoms with Crippen LogP contribution in [0.3, 0.4) is 0 Å². The Labute approximate surface area is 138 Å². The third kappa shape index (κ3) is 4.35. The van der Waals surface area contributed by atoms with Gasteiger partial charge in [-0.15, -0.1) is 0 Å². The minimum absolute atomic E-state index is 0.118. The first kappa shape index (κ1) is 17.1.